The smallest absolute Gasteiger partial charge is 0.420 e. The van der Waals surface area contributed by atoms with Gasteiger partial charge in [-0.05, 0) is 60.0 Å². The monoisotopic (exact) mass is 975 g/mol. The molecule has 12 nitrogen and oxygen atoms in total. The predicted octanol–water partition coefficient (Wildman–Crippen LogP) is 8.15. The second kappa shape index (κ2) is 24.0. The maximum absolute atomic E-state index is 14.7. The Kier molecular flexibility index (Phi) is 18.9. The summed E-state index contributed by atoms with van der Waals surface area (Å²) >= 11 is 0. The molecule has 0 spiro atoms. The summed E-state index contributed by atoms with van der Waals surface area (Å²) in [5, 5.41) is 28.3. The van der Waals surface area contributed by atoms with Crippen molar-refractivity contribution in [1.29, 1.82) is 0 Å². The number of ether oxygens (including phenoxy) is 5. The van der Waals surface area contributed by atoms with Crippen LogP contribution in [0.2, 0.25) is 0 Å². The number of likely N-dealkylation sites (N-methyl/N-ethyl adjacent to an activating group) is 1. The van der Waals surface area contributed by atoms with Crippen LogP contribution in [0.4, 0.5) is 4.79 Å². The molecule has 13 heteroatoms. The zero-order valence-corrected chi connectivity index (χ0v) is 44.1. The van der Waals surface area contributed by atoms with E-state index in [0.717, 1.165) is 31.8 Å². The van der Waals surface area contributed by atoms with Crippen LogP contribution < -0.4 is 15.9 Å². The average molecular weight is 975 g/mol. The van der Waals surface area contributed by atoms with Crippen LogP contribution in [0.3, 0.4) is 0 Å². The van der Waals surface area contributed by atoms with Crippen molar-refractivity contribution in [3.63, 3.8) is 0 Å². The van der Waals surface area contributed by atoms with E-state index >= 15 is 0 Å². The van der Waals surface area contributed by atoms with Gasteiger partial charge in [0.05, 0.1) is 23.7 Å². The summed E-state index contributed by atoms with van der Waals surface area (Å²) in [7, 11) is 1.49. The molecule has 69 heavy (non-hydrogen) atoms. The van der Waals surface area contributed by atoms with Crippen molar-refractivity contribution >= 4 is 41.2 Å². The summed E-state index contributed by atoms with van der Waals surface area (Å²) in [6.07, 6.45) is 1.72. The zero-order chi connectivity index (χ0) is 50.1. The Hall–Kier alpha value is -3.90. The second-order valence-electron chi connectivity index (χ2n) is 21.4. The second-order valence-corrected chi connectivity index (χ2v) is 25.4. The number of hydrogen-bond donors (Lipinski definition) is 2. The summed E-state index contributed by atoms with van der Waals surface area (Å²) in [6.45, 7) is 15.1. The number of aliphatic hydroxyl groups is 2. The van der Waals surface area contributed by atoms with Crippen LogP contribution in [0.25, 0.3) is 0 Å². The molecule has 382 valence electrons. The number of unbranched alkanes of at least 4 members (excludes halogenated alkanes) is 4. The molecule has 6 rings (SSSR count). The molecule has 3 aromatic carbocycles. The first-order chi connectivity index (χ1) is 32.8. The molecule has 0 radical (unpaired) electrons. The van der Waals surface area contributed by atoms with E-state index in [2.05, 4.69) is 91.0 Å². The van der Waals surface area contributed by atoms with Crippen LogP contribution >= 0.6 is 7.26 Å². The Morgan fingerprint density at radius 3 is 1.91 bits per heavy atom. The third kappa shape index (κ3) is 12.8. The Morgan fingerprint density at radius 1 is 0.812 bits per heavy atom. The van der Waals surface area contributed by atoms with Crippen molar-refractivity contribution in [2.45, 2.75) is 180 Å². The van der Waals surface area contributed by atoms with Crippen LogP contribution in [-0.4, -0.2) is 125 Å². The molecular formula is C56H83N2O10P. The maximum atomic E-state index is 14.7. The van der Waals surface area contributed by atoms with Gasteiger partial charge in [0.25, 0.3) is 0 Å². The van der Waals surface area contributed by atoms with Gasteiger partial charge in [0, 0.05) is 6.04 Å². The molecule has 13 atom stereocenters. The van der Waals surface area contributed by atoms with Crippen molar-refractivity contribution in [2.24, 2.45) is 17.8 Å². The first-order valence-corrected chi connectivity index (χ1v) is 28.0. The molecule has 0 saturated carbocycles. The number of hydrogen-bond acceptors (Lipinski definition) is 11. The van der Waals surface area contributed by atoms with Crippen molar-refractivity contribution in [3.05, 3.63) is 91.0 Å². The van der Waals surface area contributed by atoms with Crippen molar-refractivity contribution in [3.8, 4) is 0 Å². The minimum absolute atomic E-state index is 0.0884. The van der Waals surface area contributed by atoms with Gasteiger partial charge in [0.2, 0.25) is 0 Å². The summed E-state index contributed by atoms with van der Waals surface area (Å²) < 4.78 is 30.9. The molecule has 3 fully saturated rings. The SMILES string of the molecule is CC[C@H]1OC(=O)[C@H](C)C[C@H](C)[C@@H](O[C@@H]2O[C@H](C)C[C@H](N(C)C)[C@H]2O)[C@](C)(O)C[C@@H](C)CN(C(=O)CCCCCCC[PH](c2ccccc2)(c2ccccc2)c2ccccc2)[C@H](C)[C@H]2OC(=O)O[C@@]21C. The first-order valence-electron chi connectivity index (χ1n) is 25.8. The van der Waals surface area contributed by atoms with E-state index in [1.54, 1.807) is 25.7 Å². The molecule has 3 aliphatic rings. The molecule has 0 aliphatic carbocycles. The molecule has 3 heterocycles. The first kappa shape index (κ1) is 54.4. The van der Waals surface area contributed by atoms with E-state index in [1.165, 1.54) is 15.9 Å². The van der Waals surface area contributed by atoms with Gasteiger partial charge >= 0.3 is 242 Å². The van der Waals surface area contributed by atoms with Gasteiger partial charge < -0.3 is 34.1 Å². The molecule has 3 saturated heterocycles. The van der Waals surface area contributed by atoms with E-state index in [9.17, 15) is 24.6 Å². The average Bonchev–Trinajstić information content (AvgIpc) is 3.64. The molecular weight excluding hydrogens is 892 g/mol. The number of rotatable bonds is 15. The van der Waals surface area contributed by atoms with Gasteiger partial charge in [0.15, 0.2) is 6.29 Å². The summed E-state index contributed by atoms with van der Waals surface area (Å²) in [5.74, 6) is -1.85. The minimum Gasteiger partial charge on any atom is -0.420 e. The number of esters is 1. The standard InChI is InChI=1S/C56H83N2O10P/c1-11-47-56(8)51(67-54(62)68-56)42(6)58(37-38(2)36-55(7,63)50(39(3)34-40(4)52(61)65-47)66-53-49(60)46(57(9)10)35-41(5)64-53)48(59)32-24-13-12-14-25-33-69(43-26-18-15-19-27-43,44-28-20-16-21-29-44)45-30-22-17-23-31-45/h15-23,26-31,38-42,46-47,49-51,53,60,63,69H,11-14,24-25,32-37H2,1-10H3/t38-,39+,40-,41-,42-,46+,47-,49-,50-,51-,53+,55-,56-/m1/s1. The zero-order valence-electron chi connectivity index (χ0n) is 43.1. The van der Waals surface area contributed by atoms with Crippen molar-refractivity contribution < 1.29 is 48.3 Å². The molecule has 0 bridgehead atoms. The molecule has 0 unspecified atom stereocenters. The van der Waals surface area contributed by atoms with Gasteiger partial charge in [-0.3, -0.25) is 4.79 Å². The fourth-order valence-electron chi connectivity index (χ4n) is 12.0. The van der Waals surface area contributed by atoms with Crippen LogP contribution in [0.15, 0.2) is 91.0 Å². The van der Waals surface area contributed by atoms with E-state index in [4.69, 9.17) is 23.7 Å². The molecule has 3 aliphatic heterocycles. The molecule has 3 aromatic rings. The van der Waals surface area contributed by atoms with Crippen LogP contribution in [0.1, 0.15) is 120 Å². The third-order valence-electron chi connectivity index (χ3n) is 15.4. The van der Waals surface area contributed by atoms with Crippen LogP contribution in [0, 0.1) is 17.8 Å². The number of fused-ring (bicyclic) bond motifs is 1. The van der Waals surface area contributed by atoms with Crippen molar-refractivity contribution in [2.75, 3.05) is 26.8 Å². The minimum atomic E-state index is -2.34. The summed E-state index contributed by atoms with van der Waals surface area (Å²) in [6, 6.07) is 32.1. The number of carbonyl (C=O) groups excluding carboxylic acids is 3. The van der Waals surface area contributed by atoms with Crippen LogP contribution in [0.5, 0.6) is 0 Å². The van der Waals surface area contributed by atoms with Crippen LogP contribution in [-0.2, 0) is 33.3 Å². The molecule has 1 amide bonds. The van der Waals surface area contributed by atoms with E-state index in [-0.39, 0.29) is 43.4 Å². The van der Waals surface area contributed by atoms with Gasteiger partial charge in [-0.1, -0.05) is 20.8 Å². The third-order valence-corrected chi connectivity index (χ3v) is 20.5. The van der Waals surface area contributed by atoms with Gasteiger partial charge in [-0.2, -0.15) is 0 Å². The number of aliphatic hydroxyl groups excluding tert-OH is 1. The Labute approximate surface area is 413 Å². The number of carbonyl (C=O) groups is 3. The van der Waals surface area contributed by atoms with E-state index < -0.39 is 79.2 Å². The topological polar surface area (TPSA) is 144 Å². The number of amides is 1. The summed E-state index contributed by atoms with van der Waals surface area (Å²) in [5.41, 5.74) is -2.86. The van der Waals surface area contributed by atoms with E-state index in [1.807, 2.05) is 53.6 Å². The van der Waals surface area contributed by atoms with Crippen molar-refractivity contribution in [1.82, 2.24) is 9.80 Å². The van der Waals surface area contributed by atoms with Gasteiger partial charge in [-0.25, -0.2) is 4.79 Å². The van der Waals surface area contributed by atoms with E-state index in [0.29, 0.717) is 25.7 Å². The fraction of sp³-hybridized carbons (Fsp3) is 0.625. The fourth-order valence-corrected chi connectivity index (χ4v) is 16.9. The Balaban J connectivity index is 1.20. The van der Waals surface area contributed by atoms with Gasteiger partial charge in [0.1, 0.15) is 12.2 Å². The normalized spacial score (nSPS) is 33.1. The summed E-state index contributed by atoms with van der Waals surface area (Å²) in [4.78, 5) is 45.5. The quantitative estimate of drug-likeness (QED) is 0.0866. The van der Waals surface area contributed by atoms with Gasteiger partial charge in [-0.15, -0.1) is 0 Å². The predicted molar refractivity (Wildman–Crippen MR) is 275 cm³/mol. The Bertz CT molecular complexity index is 2000. The molecule has 2 N–H and O–H groups in total. The number of cyclic esters (lactones) is 1. The number of benzene rings is 3. The Morgan fingerprint density at radius 2 is 1.36 bits per heavy atom. The molecule has 0 aromatic heterocycles. The number of nitrogens with zero attached hydrogens (tertiary/aromatic N) is 2.